The van der Waals surface area contributed by atoms with Crippen LogP contribution in [0.4, 0.5) is 0 Å². The number of carboxylic acids is 1. The summed E-state index contributed by atoms with van der Waals surface area (Å²) in [5.41, 5.74) is 3.29. The molecule has 3 aromatic rings. The minimum Gasteiger partial charge on any atom is -0.497 e. The molecule has 0 saturated heterocycles. The second-order valence-corrected chi connectivity index (χ2v) is 6.42. The first-order valence-electron chi connectivity index (χ1n) is 8.10. The topological polar surface area (TPSA) is 62.3 Å². The number of aryl methyl sites for hydroxylation is 1. The Balaban J connectivity index is 1.88. The predicted molar refractivity (Wildman–Crippen MR) is 92.6 cm³/mol. The van der Waals surface area contributed by atoms with E-state index in [-0.39, 0.29) is 0 Å². The molecule has 0 bridgehead atoms. The van der Waals surface area contributed by atoms with Gasteiger partial charge in [0.15, 0.2) is 0 Å². The van der Waals surface area contributed by atoms with E-state index in [1.165, 1.54) is 0 Å². The summed E-state index contributed by atoms with van der Waals surface area (Å²) in [5, 5.41) is 11.1. The molecule has 24 heavy (non-hydrogen) atoms. The fourth-order valence-electron chi connectivity index (χ4n) is 3.86. The zero-order valence-electron chi connectivity index (χ0n) is 13.5. The molecular weight excluding hydrogens is 302 g/mol. The van der Waals surface area contributed by atoms with E-state index in [0.29, 0.717) is 12.8 Å². The lowest BCUT2D eigenvalue weighted by Gasteiger charge is -2.34. The smallest absolute Gasteiger partial charge is 0.314 e. The number of aliphatic carboxylic acids is 1. The minimum absolute atomic E-state index is 0.495. The maximum Gasteiger partial charge on any atom is 0.314 e. The van der Waals surface area contributed by atoms with Crippen molar-refractivity contribution < 1.29 is 14.6 Å². The second-order valence-electron chi connectivity index (χ2n) is 6.42. The van der Waals surface area contributed by atoms with Crippen LogP contribution in [0.15, 0.2) is 48.5 Å². The lowest BCUT2D eigenvalue weighted by atomic mass is 9.68. The summed E-state index contributed by atoms with van der Waals surface area (Å²) in [6.45, 7) is 0. The molecule has 1 aromatic heterocycles. The van der Waals surface area contributed by atoms with Gasteiger partial charge in [0.05, 0.1) is 12.5 Å². The zero-order chi connectivity index (χ0) is 16.7. The van der Waals surface area contributed by atoms with Crippen molar-refractivity contribution in [3.05, 3.63) is 65.4 Å². The van der Waals surface area contributed by atoms with Crippen molar-refractivity contribution in [3.63, 3.8) is 0 Å². The molecule has 1 atom stereocenters. The van der Waals surface area contributed by atoms with Gasteiger partial charge in [-0.25, -0.2) is 0 Å². The van der Waals surface area contributed by atoms with E-state index in [4.69, 9.17) is 4.74 Å². The predicted octanol–water partition coefficient (Wildman–Crippen LogP) is 3.69. The molecule has 0 spiro atoms. The molecule has 1 aliphatic carbocycles. The van der Waals surface area contributed by atoms with Crippen LogP contribution in [0.25, 0.3) is 10.9 Å². The van der Waals surface area contributed by atoms with Gasteiger partial charge in [-0.1, -0.05) is 30.3 Å². The fraction of sp³-hybridized carbons (Fsp3) is 0.250. The number of benzene rings is 2. The Morgan fingerprint density at radius 3 is 2.71 bits per heavy atom. The lowest BCUT2D eigenvalue weighted by Crippen LogP contribution is -2.41. The molecule has 4 heteroatoms. The van der Waals surface area contributed by atoms with Gasteiger partial charge in [-0.15, -0.1) is 0 Å². The van der Waals surface area contributed by atoms with Crippen molar-refractivity contribution in [2.75, 3.05) is 7.11 Å². The number of rotatable bonds is 3. The van der Waals surface area contributed by atoms with Crippen LogP contribution in [0.5, 0.6) is 5.75 Å². The summed E-state index contributed by atoms with van der Waals surface area (Å²) < 4.78 is 5.34. The highest BCUT2D eigenvalue weighted by atomic mass is 16.5. The SMILES string of the molecule is COc1ccc2[nH]c3c(c2c1)CC(C(=O)O)(c1ccccc1)CC3. The van der Waals surface area contributed by atoms with E-state index in [0.717, 1.165) is 39.9 Å². The molecule has 0 saturated carbocycles. The largest absolute Gasteiger partial charge is 0.497 e. The monoisotopic (exact) mass is 321 g/mol. The molecule has 1 aliphatic rings. The first kappa shape index (κ1) is 14.8. The summed E-state index contributed by atoms with van der Waals surface area (Å²) >= 11 is 0. The first-order valence-corrected chi connectivity index (χ1v) is 8.10. The molecular formula is C20H19NO3. The highest BCUT2D eigenvalue weighted by Crippen LogP contribution is 2.42. The van der Waals surface area contributed by atoms with Gasteiger partial charge in [0.1, 0.15) is 5.75 Å². The van der Waals surface area contributed by atoms with Crippen LogP contribution in [-0.4, -0.2) is 23.2 Å². The molecule has 2 N–H and O–H groups in total. The van der Waals surface area contributed by atoms with Crippen LogP contribution in [0.2, 0.25) is 0 Å². The maximum absolute atomic E-state index is 12.2. The molecule has 4 rings (SSSR count). The summed E-state index contributed by atoms with van der Waals surface area (Å²) in [7, 11) is 1.64. The third kappa shape index (κ3) is 2.10. The van der Waals surface area contributed by atoms with Gasteiger partial charge in [0.2, 0.25) is 0 Å². The number of carbonyl (C=O) groups is 1. The highest BCUT2D eigenvalue weighted by molar-refractivity contribution is 5.89. The van der Waals surface area contributed by atoms with Crippen LogP contribution in [0.3, 0.4) is 0 Å². The summed E-state index contributed by atoms with van der Waals surface area (Å²) in [5.74, 6) is 0.0344. The normalized spacial score (nSPS) is 19.9. The van der Waals surface area contributed by atoms with Crippen LogP contribution in [0.1, 0.15) is 23.2 Å². The molecule has 1 heterocycles. The fourth-order valence-corrected chi connectivity index (χ4v) is 3.86. The van der Waals surface area contributed by atoms with Gasteiger partial charge in [0, 0.05) is 16.6 Å². The van der Waals surface area contributed by atoms with Crippen molar-refractivity contribution in [2.24, 2.45) is 0 Å². The Kier molecular flexibility index (Phi) is 3.34. The Labute approximate surface area is 140 Å². The number of aromatic amines is 1. The first-order chi connectivity index (χ1) is 11.6. The summed E-state index contributed by atoms with van der Waals surface area (Å²) in [6, 6.07) is 15.5. The van der Waals surface area contributed by atoms with Crippen molar-refractivity contribution in [1.29, 1.82) is 0 Å². The molecule has 0 aliphatic heterocycles. The van der Waals surface area contributed by atoms with Crippen molar-refractivity contribution in [3.8, 4) is 5.75 Å². The number of aromatic nitrogens is 1. The van der Waals surface area contributed by atoms with Crippen LogP contribution in [0, 0.1) is 0 Å². The van der Waals surface area contributed by atoms with E-state index in [2.05, 4.69) is 4.98 Å². The molecule has 122 valence electrons. The number of hydrogen-bond acceptors (Lipinski definition) is 2. The minimum atomic E-state index is -0.869. The number of carboxylic acid groups (broad SMARTS) is 1. The van der Waals surface area contributed by atoms with E-state index < -0.39 is 11.4 Å². The summed E-state index contributed by atoms with van der Waals surface area (Å²) in [4.78, 5) is 15.7. The highest BCUT2D eigenvalue weighted by Gasteiger charge is 2.44. The lowest BCUT2D eigenvalue weighted by molar-refractivity contribution is -0.144. The average molecular weight is 321 g/mol. The number of ether oxygens (including phenoxy) is 1. The Morgan fingerprint density at radius 2 is 2.00 bits per heavy atom. The van der Waals surface area contributed by atoms with Crippen molar-refractivity contribution in [2.45, 2.75) is 24.7 Å². The molecule has 4 nitrogen and oxygen atoms in total. The van der Waals surface area contributed by atoms with Crippen LogP contribution in [-0.2, 0) is 23.1 Å². The number of methoxy groups -OCH3 is 1. The number of nitrogens with one attached hydrogen (secondary N) is 1. The number of H-pyrrole nitrogens is 1. The van der Waals surface area contributed by atoms with Gasteiger partial charge in [-0.2, -0.15) is 0 Å². The summed E-state index contributed by atoms with van der Waals surface area (Å²) in [6.07, 6.45) is 1.83. The molecule has 0 radical (unpaired) electrons. The van der Waals surface area contributed by atoms with Gasteiger partial charge in [-0.3, -0.25) is 4.79 Å². The van der Waals surface area contributed by atoms with Crippen molar-refractivity contribution in [1.82, 2.24) is 4.98 Å². The Hall–Kier alpha value is -2.75. The third-order valence-electron chi connectivity index (χ3n) is 5.22. The molecule has 0 fully saturated rings. The van der Waals surface area contributed by atoms with Gasteiger partial charge in [-0.05, 0) is 48.6 Å². The number of hydrogen-bond donors (Lipinski definition) is 2. The molecule has 1 unspecified atom stereocenters. The van der Waals surface area contributed by atoms with Crippen molar-refractivity contribution >= 4 is 16.9 Å². The van der Waals surface area contributed by atoms with E-state index in [1.54, 1.807) is 7.11 Å². The van der Waals surface area contributed by atoms with E-state index in [1.807, 2.05) is 48.5 Å². The zero-order valence-corrected chi connectivity index (χ0v) is 13.5. The molecule has 2 aromatic carbocycles. The maximum atomic E-state index is 12.2. The Bertz CT molecular complexity index is 913. The van der Waals surface area contributed by atoms with Gasteiger partial charge >= 0.3 is 5.97 Å². The average Bonchev–Trinajstić information content (AvgIpc) is 2.98. The Morgan fingerprint density at radius 1 is 1.21 bits per heavy atom. The standard InChI is InChI=1S/C20H19NO3/c1-24-14-7-8-17-15(11-14)16-12-20(19(22)23,10-9-18(16)21-17)13-5-3-2-4-6-13/h2-8,11,21H,9-10,12H2,1H3,(H,22,23). The van der Waals surface area contributed by atoms with E-state index >= 15 is 0 Å². The molecule has 0 amide bonds. The third-order valence-corrected chi connectivity index (χ3v) is 5.22. The number of fused-ring (bicyclic) bond motifs is 3. The van der Waals surface area contributed by atoms with Crippen LogP contribution >= 0.6 is 0 Å². The second kappa shape index (κ2) is 5.41. The van der Waals surface area contributed by atoms with E-state index in [9.17, 15) is 9.90 Å². The quantitative estimate of drug-likeness (QED) is 0.773. The van der Waals surface area contributed by atoms with Crippen LogP contribution < -0.4 is 4.74 Å². The van der Waals surface area contributed by atoms with Gasteiger partial charge < -0.3 is 14.8 Å². The van der Waals surface area contributed by atoms with Gasteiger partial charge in [0.25, 0.3) is 0 Å².